The standard InChI is InChI=1S/C19H20N2O3/c1-13-7-8-17-16(9-13)21-19(23)15(12-24-17)10-18(22)20-11-14-5-3-2-4-6-14/h2-9,15H,10-12H2,1H3,(H,20,22)(H,21,23). The largest absolute Gasteiger partial charge is 0.491 e. The molecule has 3 rings (SSSR count). The lowest BCUT2D eigenvalue weighted by atomic mass is 10.1. The normalized spacial score (nSPS) is 16.4. The van der Waals surface area contributed by atoms with Crippen LogP contribution >= 0.6 is 0 Å². The van der Waals surface area contributed by atoms with Crippen LogP contribution in [0.2, 0.25) is 0 Å². The lowest BCUT2D eigenvalue weighted by Crippen LogP contribution is -2.32. The number of carbonyl (C=O) groups is 2. The molecule has 2 amide bonds. The molecule has 0 aromatic heterocycles. The summed E-state index contributed by atoms with van der Waals surface area (Å²) in [6.07, 6.45) is 0.103. The number of carbonyl (C=O) groups excluding carboxylic acids is 2. The van der Waals surface area contributed by atoms with Gasteiger partial charge in [0, 0.05) is 13.0 Å². The molecule has 5 heteroatoms. The van der Waals surface area contributed by atoms with Crippen LogP contribution in [0.5, 0.6) is 5.75 Å². The average Bonchev–Trinajstić information content (AvgIpc) is 2.73. The number of benzene rings is 2. The first kappa shape index (κ1) is 16.1. The van der Waals surface area contributed by atoms with Crippen molar-refractivity contribution >= 4 is 17.5 Å². The van der Waals surface area contributed by atoms with Gasteiger partial charge < -0.3 is 15.4 Å². The molecule has 1 heterocycles. The highest BCUT2D eigenvalue weighted by molar-refractivity contribution is 5.97. The number of hydrogen-bond donors (Lipinski definition) is 2. The van der Waals surface area contributed by atoms with E-state index in [2.05, 4.69) is 10.6 Å². The van der Waals surface area contributed by atoms with Crippen molar-refractivity contribution in [3.8, 4) is 5.75 Å². The van der Waals surface area contributed by atoms with Crippen molar-refractivity contribution in [3.63, 3.8) is 0 Å². The summed E-state index contributed by atoms with van der Waals surface area (Å²) in [6, 6.07) is 15.3. The van der Waals surface area contributed by atoms with Gasteiger partial charge in [0.1, 0.15) is 12.4 Å². The van der Waals surface area contributed by atoms with Gasteiger partial charge >= 0.3 is 0 Å². The van der Waals surface area contributed by atoms with Gasteiger partial charge in [-0.15, -0.1) is 0 Å². The zero-order valence-corrected chi connectivity index (χ0v) is 13.5. The van der Waals surface area contributed by atoms with E-state index in [4.69, 9.17) is 4.74 Å². The van der Waals surface area contributed by atoms with Gasteiger partial charge in [0.2, 0.25) is 11.8 Å². The third-order valence-electron chi connectivity index (χ3n) is 3.97. The zero-order chi connectivity index (χ0) is 16.9. The van der Waals surface area contributed by atoms with E-state index in [9.17, 15) is 9.59 Å². The molecule has 2 N–H and O–H groups in total. The predicted octanol–water partition coefficient (Wildman–Crippen LogP) is 2.65. The Morgan fingerprint density at radius 1 is 1.25 bits per heavy atom. The fourth-order valence-electron chi connectivity index (χ4n) is 2.61. The van der Waals surface area contributed by atoms with Crippen molar-refractivity contribution in [1.82, 2.24) is 5.32 Å². The molecule has 0 aliphatic carbocycles. The van der Waals surface area contributed by atoms with E-state index in [1.807, 2.05) is 55.5 Å². The summed E-state index contributed by atoms with van der Waals surface area (Å²) in [6.45, 7) is 2.60. The van der Waals surface area contributed by atoms with Crippen LogP contribution in [-0.2, 0) is 16.1 Å². The Hall–Kier alpha value is -2.82. The monoisotopic (exact) mass is 324 g/mol. The van der Waals surface area contributed by atoms with Crippen LogP contribution < -0.4 is 15.4 Å². The Kier molecular flexibility index (Phi) is 4.79. The van der Waals surface area contributed by atoms with E-state index in [0.717, 1.165) is 11.1 Å². The molecule has 24 heavy (non-hydrogen) atoms. The molecule has 0 fully saturated rings. The molecule has 0 radical (unpaired) electrons. The molecule has 1 aliphatic rings. The van der Waals surface area contributed by atoms with Gasteiger partial charge in [-0.1, -0.05) is 36.4 Å². The summed E-state index contributed by atoms with van der Waals surface area (Å²) in [4.78, 5) is 24.4. The van der Waals surface area contributed by atoms with Crippen LogP contribution in [0, 0.1) is 12.8 Å². The van der Waals surface area contributed by atoms with Crippen LogP contribution in [0.4, 0.5) is 5.69 Å². The molecular formula is C19H20N2O3. The van der Waals surface area contributed by atoms with Gasteiger partial charge in [-0.2, -0.15) is 0 Å². The molecule has 1 aliphatic heterocycles. The SMILES string of the molecule is Cc1ccc2c(c1)NC(=O)C(CC(=O)NCc1ccccc1)CO2. The van der Waals surface area contributed by atoms with Gasteiger partial charge in [-0.05, 0) is 30.2 Å². The van der Waals surface area contributed by atoms with E-state index >= 15 is 0 Å². The molecule has 0 spiro atoms. The first-order valence-electron chi connectivity index (χ1n) is 7.97. The molecule has 1 atom stereocenters. The van der Waals surface area contributed by atoms with E-state index in [1.165, 1.54) is 0 Å². The van der Waals surface area contributed by atoms with Gasteiger partial charge in [-0.25, -0.2) is 0 Å². The van der Waals surface area contributed by atoms with E-state index in [0.29, 0.717) is 18.0 Å². The van der Waals surface area contributed by atoms with Crippen molar-refractivity contribution in [2.75, 3.05) is 11.9 Å². The highest BCUT2D eigenvalue weighted by atomic mass is 16.5. The third kappa shape index (κ3) is 3.93. The number of amides is 2. The van der Waals surface area contributed by atoms with Crippen molar-refractivity contribution in [2.45, 2.75) is 19.9 Å². The van der Waals surface area contributed by atoms with Crippen LogP contribution in [-0.4, -0.2) is 18.4 Å². The lowest BCUT2D eigenvalue weighted by Gasteiger charge is -2.12. The Balaban J connectivity index is 1.58. The number of nitrogens with one attached hydrogen (secondary N) is 2. The summed E-state index contributed by atoms with van der Waals surface area (Å²) < 4.78 is 5.69. The summed E-state index contributed by atoms with van der Waals surface area (Å²) >= 11 is 0. The molecule has 0 saturated carbocycles. The minimum Gasteiger partial charge on any atom is -0.491 e. The van der Waals surface area contributed by atoms with Gasteiger partial charge in [0.25, 0.3) is 0 Å². The lowest BCUT2D eigenvalue weighted by molar-refractivity contribution is -0.128. The Bertz CT molecular complexity index is 744. The highest BCUT2D eigenvalue weighted by Crippen LogP contribution is 2.29. The van der Waals surface area contributed by atoms with E-state index in [-0.39, 0.29) is 24.8 Å². The smallest absolute Gasteiger partial charge is 0.231 e. The minimum atomic E-state index is -0.506. The van der Waals surface area contributed by atoms with E-state index < -0.39 is 5.92 Å². The third-order valence-corrected chi connectivity index (χ3v) is 3.97. The van der Waals surface area contributed by atoms with Crippen molar-refractivity contribution in [2.24, 2.45) is 5.92 Å². The maximum atomic E-state index is 12.3. The molecule has 2 aromatic rings. The fraction of sp³-hybridized carbons (Fsp3) is 0.263. The summed E-state index contributed by atoms with van der Waals surface area (Å²) in [5.41, 5.74) is 2.72. The van der Waals surface area contributed by atoms with Gasteiger partial charge in [-0.3, -0.25) is 9.59 Å². The van der Waals surface area contributed by atoms with Crippen LogP contribution in [0.15, 0.2) is 48.5 Å². The number of aryl methyl sites for hydroxylation is 1. The van der Waals surface area contributed by atoms with Gasteiger partial charge in [0.05, 0.1) is 11.6 Å². The first-order chi connectivity index (χ1) is 11.6. The average molecular weight is 324 g/mol. The molecule has 0 bridgehead atoms. The Morgan fingerprint density at radius 2 is 2.04 bits per heavy atom. The number of ether oxygens (including phenoxy) is 1. The maximum absolute atomic E-state index is 12.3. The number of hydrogen-bond acceptors (Lipinski definition) is 3. The van der Waals surface area contributed by atoms with Crippen molar-refractivity contribution in [3.05, 3.63) is 59.7 Å². The molecule has 124 valence electrons. The maximum Gasteiger partial charge on any atom is 0.231 e. The molecule has 2 aromatic carbocycles. The van der Waals surface area contributed by atoms with Crippen LogP contribution in [0.25, 0.3) is 0 Å². The topological polar surface area (TPSA) is 67.4 Å². The molecule has 5 nitrogen and oxygen atoms in total. The second kappa shape index (κ2) is 7.17. The molecule has 0 saturated heterocycles. The zero-order valence-electron chi connectivity index (χ0n) is 13.5. The first-order valence-corrected chi connectivity index (χ1v) is 7.97. The Labute approximate surface area is 141 Å². The van der Waals surface area contributed by atoms with Crippen molar-refractivity contribution < 1.29 is 14.3 Å². The minimum absolute atomic E-state index is 0.103. The van der Waals surface area contributed by atoms with Crippen LogP contribution in [0.3, 0.4) is 0 Å². The van der Waals surface area contributed by atoms with Crippen LogP contribution in [0.1, 0.15) is 17.5 Å². The molecule has 1 unspecified atom stereocenters. The Morgan fingerprint density at radius 3 is 2.83 bits per heavy atom. The van der Waals surface area contributed by atoms with Gasteiger partial charge in [0.15, 0.2) is 0 Å². The predicted molar refractivity (Wildman–Crippen MR) is 91.7 cm³/mol. The summed E-state index contributed by atoms with van der Waals surface area (Å²) in [7, 11) is 0. The second-order valence-corrected chi connectivity index (χ2v) is 5.96. The quantitative estimate of drug-likeness (QED) is 0.908. The van der Waals surface area contributed by atoms with E-state index in [1.54, 1.807) is 0 Å². The fourth-order valence-corrected chi connectivity index (χ4v) is 2.61. The number of anilines is 1. The molecular weight excluding hydrogens is 304 g/mol. The number of fused-ring (bicyclic) bond motifs is 1. The summed E-state index contributed by atoms with van der Waals surface area (Å²) in [5.74, 6) is -0.214. The summed E-state index contributed by atoms with van der Waals surface area (Å²) in [5, 5.41) is 5.69. The number of rotatable bonds is 4. The second-order valence-electron chi connectivity index (χ2n) is 5.96. The highest BCUT2D eigenvalue weighted by Gasteiger charge is 2.27. The van der Waals surface area contributed by atoms with Crippen molar-refractivity contribution in [1.29, 1.82) is 0 Å².